The van der Waals surface area contributed by atoms with E-state index in [-0.39, 0.29) is 23.9 Å². The fraction of sp³-hybridized carbons (Fsp3) is 0.857. The van der Waals surface area contributed by atoms with Gasteiger partial charge in [-0.25, -0.2) is 4.79 Å². The summed E-state index contributed by atoms with van der Waals surface area (Å²) in [6.07, 6.45) is 11.4. The van der Waals surface area contributed by atoms with Crippen LogP contribution in [0.1, 0.15) is 77.0 Å². The predicted octanol–water partition coefficient (Wildman–Crippen LogP) is 2.40. The maximum absolute atomic E-state index is 12.4. The van der Waals surface area contributed by atoms with Crippen molar-refractivity contribution in [3.05, 3.63) is 0 Å². The lowest BCUT2D eigenvalue weighted by atomic mass is 9.95. The van der Waals surface area contributed by atoms with E-state index in [1.807, 2.05) is 9.80 Å². The Hall–Kier alpha value is -1.79. The number of carbonyl (C=O) groups is 3. The van der Waals surface area contributed by atoms with Crippen LogP contribution in [0.2, 0.25) is 0 Å². The van der Waals surface area contributed by atoms with E-state index in [9.17, 15) is 14.4 Å². The van der Waals surface area contributed by atoms with Gasteiger partial charge < -0.3 is 20.4 Å². The van der Waals surface area contributed by atoms with E-state index < -0.39 is 0 Å². The van der Waals surface area contributed by atoms with E-state index in [1.165, 1.54) is 19.3 Å². The predicted molar refractivity (Wildman–Crippen MR) is 108 cm³/mol. The van der Waals surface area contributed by atoms with Gasteiger partial charge in [-0.1, -0.05) is 19.3 Å². The number of amides is 4. The molecule has 0 aromatic carbocycles. The number of hydrogen-bond acceptors (Lipinski definition) is 3. The number of nitrogens with one attached hydrogen (secondary N) is 2. The number of hydrogen-bond donors (Lipinski definition) is 2. The Bertz CT molecular complexity index is 540. The van der Waals surface area contributed by atoms with E-state index >= 15 is 0 Å². The van der Waals surface area contributed by atoms with Crippen LogP contribution in [0.4, 0.5) is 4.79 Å². The highest BCUT2D eigenvalue weighted by Crippen LogP contribution is 2.18. The highest BCUT2D eigenvalue weighted by Gasteiger charge is 2.26. The molecule has 1 saturated carbocycles. The lowest BCUT2D eigenvalue weighted by Crippen LogP contribution is -2.51. The van der Waals surface area contributed by atoms with Gasteiger partial charge in [-0.05, 0) is 44.9 Å². The van der Waals surface area contributed by atoms with Gasteiger partial charge in [0.25, 0.3) is 0 Å². The Morgan fingerprint density at radius 2 is 1.57 bits per heavy atom. The maximum atomic E-state index is 12.4. The third-order valence-electron chi connectivity index (χ3n) is 6.33. The smallest absolute Gasteiger partial charge is 0.317 e. The zero-order valence-corrected chi connectivity index (χ0v) is 17.1. The molecule has 0 radical (unpaired) electrons. The van der Waals surface area contributed by atoms with E-state index in [2.05, 4.69) is 10.6 Å². The molecule has 158 valence electrons. The number of rotatable bonds is 6. The molecule has 0 spiro atoms. The topological polar surface area (TPSA) is 81.8 Å². The van der Waals surface area contributed by atoms with Gasteiger partial charge >= 0.3 is 6.03 Å². The fourth-order valence-corrected chi connectivity index (χ4v) is 4.57. The second kappa shape index (κ2) is 10.7. The van der Waals surface area contributed by atoms with Gasteiger partial charge in [-0.15, -0.1) is 0 Å². The van der Waals surface area contributed by atoms with Gasteiger partial charge in [-0.2, -0.15) is 0 Å². The number of carbonyl (C=O) groups excluding carboxylic acids is 3. The number of likely N-dealkylation sites (tertiary alicyclic amines) is 2. The lowest BCUT2D eigenvalue weighted by molar-refractivity contribution is -0.133. The minimum Gasteiger partial charge on any atom is -0.353 e. The van der Waals surface area contributed by atoms with Crippen LogP contribution in [0.3, 0.4) is 0 Å². The van der Waals surface area contributed by atoms with Crippen molar-refractivity contribution in [2.75, 3.05) is 26.2 Å². The molecular weight excluding hydrogens is 356 g/mol. The second-order valence-electron chi connectivity index (χ2n) is 8.55. The van der Waals surface area contributed by atoms with Crippen LogP contribution in [0.5, 0.6) is 0 Å². The molecule has 3 fully saturated rings. The molecule has 7 nitrogen and oxygen atoms in total. The normalized spacial score (nSPS) is 22.2. The summed E-state index contributed by atoms with van der Waals surface area (Å²) in [7, 11) is 0. The lowest BCUT2D eigenvalue weighted by Gasteiger charge is -2.34. The molecule has 0 bridgehead atoms. The quantitative estimate of drug-likeness (QED) is 0.728. The van der Waals surface area contributed by atoms with Crippen LogP contribution < -0.4 is 10.6 Å². The van der Waals surface area contributed by atoms with Crippen LogP contribution >= 0.6 is 0 Å². The molecule has 2 aliphatic heterocycles. The van der Waals surface area contributed by atoms with E-state index in [4.69, 9.17) is 0 Å². The average Bonchev–Trinajstić information content (AvgIpc) is 2.71. The Kier molecular flexibility index (Phi) is 7.98. The third kappa shape index (κ3) is 6.38. The van der Waals surface area contributed by atoms with E-state index in [0.717, 1.165) is 51.5 Å². The molecule has 2 N–H and O–H groups in total. The Balaban J connectivity index is 1.28. The monoisotopic (exact) mass is 392 g/mol. The molecule has 7 heteroatoms. The molecular formula is C21H36N4O3. The summed E-state index contributed by atoms with van der Waals surface area (Å²) in [5.74, 6) is 0.292. The van der Waals surface area contributed by atoms with Crippen molar-refractivity contribution in [3.8, 4) is 0 Å². The molecule has 3 rings (SSSR count). The summed E-state index contributed by atoms with van der Waals surface area (Å²) in [5.41, 5.74) is 0. The summed E-state index contributed by atoms with van der Waals surface area (Å²) in [5, 5.41) is 6.28. The first kappa shape index (κ1) is 20.9. The molecule has 2 heterocycles. The largest absolute Gasteiger partial charge is 0.353 e. The van der Waals surface area contributed by atoms with Crippen LogP contribution in [-0.2, 0) is 9.59 Å². The van der Waals surface area contributed by atoms with Crippen LogP contribution in [0.25, 0.3) is 0 Å². The number of urea groups is 1. The van der Waals surface area contributed by atoms with E-state index in [0.29, 0.717) is 38.5 Å². The van der Waals surface area contributed by atoms with Crippen LogP contribution in [0.15, 0.2) is 0 Å². The zero-order chi connectivity index (χ0) is 19.8. The summed E-state index contributed by atoms with van der Waals surface area (Å²) >= 11 is 0. The van der Waals surface area contributed by atoms with Crippen molar-refractivity contribution in [3.63, 3.8) is 0 Å². The highest BCUT2D eigenvalue weighted by molar-refractivity contribution is 5.78. The Labute approximate surface area is 168 Å². The minimum absolute atomic E-state index is 0.0582. The van der Waals surface area contributed by atoms with Gasteiger partial charge in [0.15, 0.2) is 0 Å². The van der Waals surface area contributed by atoms with Crippen molar-refractivity contribution in [2.24, 2.45) is 0 Å². The number of nitrogens with zero attached hydrogens (tertiary/aromatic N) is 2. The fourth-order valence-electron chi connectivity index (χ4n) is 4.57. The van der Waals surface area contributed by atoms with Gasteiger partial charge in [-0.3, -0.25) is 9.59 Å². The third-order valence-corrected chi connectivity index (χ3v) is 6.33. The van der Waals surface area contributed by atoms with Crippen LogP contribution in [-0.4, -0.2) is 65.9 Å². The summed E-state index contributed by atoms with van der Waals surface area (Å²) in [4.78, 5) is 40.2. The van der Waals surface area contributed by atoms with E-state index in [1.54, 1.807) is 0 Å². The average molecular weight is 393 g/mol. The molecule has 0 aromatic rings. The second-order valence-corrected chi connectivity index (χ2v) is 8.55. The Morgan fingerprint density at radius 3 is 2.29 bits per heavy atom. The molecule has 28 heavy (non-hydrogen) atoms. The maximum Gasteiger partial charge on any atom is 0.317 e. The van der Waals surface area contributed by atoms with Crippen molar-refractivity contribution in [1.82, 2.24) is 20.4 Å². The zero-order valence-electron chi connectivity index (χ0n) is 17.1. The van der Waals surface area contributed by atoms with Gasteiger partial charge in [0.1, 0.15) is 0 Å². The first-order valence-corrected chi connectivity index (χ1v) is 11.2. The van der Waals surface area contributed by atoms with Crippen molar-refractivity contribution < 1.29 is 14.4 Å². The molecule has 4 amide bonds. The van der Waals surface area contributed by atoms with Crippen molar-refractivity contribution in [2.45, 2.75) is 89.1 Å². The standard InChI is InChI=1S/C21H36N4O3/c26-19(9-6-14-24-13-5-4-10-20(24)27)22-18-11-15-25(16-12-18)21(28)23-17-7-2-1-3-8-17/h17-18H,1-16H2,(H,22,26)(H,23,28). The minimum atomic E-state index is 0.0582. The Morgan fingerprint density at radius 1 is 0.857 bits per heavy atom. The van der Waals surface area contributed by atoms with Gasteiger partial charge in [0.05, 0.1) is 0 Å². The molecule has 1 aliphatic carbocycles. The SMILES string of the molecule is O=C(CCCN1CCCCC1=O)NC1CCN(C(=O)NC2CCCCC2)CC1. The first-order valence-electron chi connectivity index (χ1n) is 11.2. The van der Waals surface area contributed by atoms with Crippen molar-refractivity contribution in [1.29, 1.82) is 0 Å². The summed E-state index contributed by atoms with van der Waals surface area (Å²) < 4.78 is 0. The summed E-state index contributed by atoms with van der Waals surface area (Å²) in [6.45, 7) is 2.92. The summed E-state index contributed by atoms with van der Waals surface area (Å²) in [6, 6.07) is 0.552. The molecule has 0 unspecified atom stereocenters. The molecule has 3 aliphatic rings. The van der Waals surface area contributed by atoms with Crippen LogP contribution in [0, 0.1) is 0 Å². The highest BCUT2D eigenvalue weighted by atomic mass is 16.2. The van der Waals surface area contributed by atoms with Gasteiger partial charge in [0.2, 0.25) is 11.8 Å². The van der Waals surface area contributed by atoms with Gasteiger partial charge in [0, 0.05) is 51.1 Å². The number of piperidine rings is 2. The molecule has 2 saturated heterocycles. The van der Waals surface area contributed by atoms with Crippen molar-refractivity contribution >= 4 is 17.8 Å². The molecule has 0 atom stereocenters. The molecule has 0 aromatic heterocycles. The first-order chi connectivity index (χ1) is 13.6.